The standard InChI is InChI=1S/C3H2O2.H2O/c1-2-3(4)5;/h1H,(H,4,5);1H2. The smallest absolute Gasteiger partial charge is 0.381 e. The fourth-order valence-corrected chi connectivity index (χ4v) is 0. The van der Waals surface area contributed by atoms with E-state index in [1.54, 1.807) is 0 Å². The van der Waals surface area contributed by atoms with Crippen LogP contribution in [0.25, 0.3) is 0 Å². The van der Waals surface area contributed by atoms with Crippen LogP contribution in [0.5, 0.6) is 0 Å². The van der Waals surface area contributed by atoms with Gasteiger partial charge in [-0.3, -0.25) is 0 Å². The van der Waals surface area contributed by atoms with Gasteiger partial charge in [-0.25, -0.2) is 4.79 Å². The fourth-order valence-electron chi connectivity index (χ4n) is 0. The predicted molar refractivity (Wildman–Crippen MR) is 20.1 cm³/mol. The van der Waals surface area contributed by atoms with Gasteiger partial charge in [-0.05, 0) is 0 Å². The van der Waals surface area contributed by atoms with Crippen LogP contribution in [0.1, 0.15) is 0 Å². The molecule has 6 heavy (non-hydrogen) atoms. The van der Waals surface area contributed by atoms with Gasteiger partial charge in [0.2, 0.25) is 0 Å². The van der Waals surface area contributed by atoms with E-state index in [4.69, 9.17) is 9.90 Å². The van der Waals surface area contributed by atoms with Gasteiger partial charge in [0.05, 0.1) is 0 Å². The molecule has 3 N–H and O–H groups in total. The Kier molecular flexibility index (Phi) is 5.91. The maximum atomic E-state index is 9.13. The second kappa shape index (κ2) is 3.99. The lowest BCUT2D eigenvalue weighted by molar-refractivity contribution is -0.130. The Balaban J connectivity index is 0. The number of terminal acetylenes is 1. The minimum absolute atomic E-state index is 0. The van der Waals surface area contributed by atoms with E-state index in [0.717, 1.165) is 0 Å². The number of carboxylic acid groups (broad SMARTS) is 1. The lowest BCUT2D eigenvalue weighted by Crippen LogP contribution is -1.83. The molecule has 0 heterocycles. The second-order valence-electron chi connectivity index (χ2n) is 0.449. The molecule has 0 aromatic carbocycles. The van der Waals surface area contributed by atoms with E-state index < -0.39 is 5.97 Å². The Hall–Kier alpha value is -1.01. The number of rotatable bonds is 0. The van der Waals surface area contributed by atoms with Crippen molar-refractivity contribution in [2.75, 3.05) is 0 Å². The van der Waals surface area contributed by atoms with E-state index in [9.17, 15) is 0 Å². The summed E-state index contributed by atoms with van der Waals surface area (Å²) >= 11 is 0. The Morgan fingerprint density at radius 1 is 1.83 bits per heavy atom. The van der Waals surface area contributed by atoms with Crippen LogP contribution >= 0.6 is 0 Å². The third-order valence-corrected chi connectivity index (χ3v) is 0.123. The van der Waals surface area contributed by atoms with Crippen LogP contribution in [-0.4, -0.2) is 16.6 Å². The van der Waals surface area contributed by atoms with Crippen molar-refractivity contribution in [2.24, 2.45) is 0 Å². The number of carbonyl (C=O) groups is 1. The summed E-state index contributed by atoms with van der Waals surface area (Å²) in [7, 11) is 0. The molecule has 0 radical (unpaired) electrons. The summed E-state index contributed by atoms with van der Waals surface area (Å²) in [5, 5.41) is 7.49. The molecule has 0 amide bonds. The van der Waals surface area contributed by atoms with Crippen LogP contribution in [0.3, 0.4) is 0 Å². The van der Waals surface area contributed by atoms with Gasteiger partial charge in [0.25, 0.3) is 0 Å². The highest BCUT2D eigenvalue weighted by Gasteiger charge is 1.74. The lowest BCUT2D eigenvalue weighted by atomic mass is 10.7. The van der Waals surface area contributed by atoms with Gasteiger partial charge in [0.1, 0.15) is 0 Å². The Morgan fingerprint density at radius 2 is 2.00 bits per heavy atom. The molecule has 0 saturated heterocycles. The molecule has 0 aromatic heterocycles. The van der Waals surface area contributed by atoms with Crippen LogP contribution in [-0.2, 0) is 4.79 Å². The molecular weight excluding hydrogens is 84.0 g/mol. The topological polar surface area (TPSA) is 68.8 Å². The largest absolute Gasteiger partial charge is 0.472 e. The van der Waals surface area contributed by atoms with Crippen LogP contribution < -0.4 is 0 Å². The van der Waals surface area contributed by atoms with Crippen molar-refractivity contribution in [1.29, 1.82) is 0 Å². The molecule has 0 bridgehead atoms. The van der Waals surface area contributed by atoms with Crippen molar-refractivity contribution in [3.8, 4) is 12.3 Å². The summed E-state index contributed by atoms with van der Waals surface area (Å²) < 4.78 is 0. The molecule has 3 nitrogen and oxygen atoms in total. The first-order chi connectivity index (χ1) is 2.27. The minimum atomic E-state index is -1.22. The highest BCUT2D eigenvalue weighted by Crippen LogP contribution is 1.44. The summed E-state index contributed by atoms with van der Waals surface area (Å²) in [6, 6.07) is 0. The maximum absolute atomic E-state index is 9.13. The molecule has 0 atom stereocenters. The average Bonchev–Trinajstić information content (AvgIpc) is 1.38. The van der Waals surface area contributed by atoms with Gasteiger partial charge in [-0.2, -0.15) is 0 Å². The Morgan fingerprint density at radius 3 is 2.00 bits per heavy atom. The molecule has 34 valence electrons. The summed E-state index contributed by atoms with van der Waals surface area (Å²) in [6.45, 7) is 0. The molecule has 0 unspecified atom stereocenters. The lowest BCUT2D eigenvalue weighted by Gasteiger charge is -1.60. The summed E-state index contributed by atoms with van der Waals surface area (Å²) in [4.78, 5) is 9.13. The molecular formula is C3H4O3. The van der Waals surface area contributed by atoms with E-state index >= 15 is 0 Å². The van der Waals surface area contributed by atoms with Gasteiger partial charge in [0, 0.05) is 5.92 Å². The van der Waals surface area contributed by atoms with E-state index in [0.29, 0.717) is 0 Å². The minimum Gasteiger partial charge on any atom is -0.472 e. The zero-order valence-electron chi connectivity index (χ0n) is 2.93. The van der Waals surface area contributed by atoms with Crippen LogP contribution in [0.4, 0.5) is 0 Å². The molecule has 0 saturated carbocycles. The highest BCUT2D eigenvalue weighted by molar-refractivity contribution is 5.85. The quantitative estimate of drug-likeness (QED) is 0.381. The molecule has 0 aliphatic rings. The maximum Gasteiger partial charge on any atom is 0.381 e. The predicted octanol–water partition coefficient (Wildman–Crippen LogP) is -1.12. The van der Waals surface area contributed by atoms with Gasteiger partial charge in [0.15, 0.2) is 0 Å². The zero-order chi connectivity index (χ0) is 4.28. The van der Waals surface area contributed by atoms with E-state index in [1.165, 1.54) is 5.92 Å². The average molecular weight is 88.1 g/mol. The second-order valence-corrected chi connectivity index (χ2v) is 0.449. The van der Waals surface area contributed by atoms with E-state index in [-0.39, 0.29) is 5.48 Å². The van der Waals surface area contributed by atoms with Crippen molar-refractivity contribution < 1.29 is 15.4 Å². The number of hydrogen-bond donors (Lipinski definition) is 1. The molecule has 0 aliphatic carbocycles. The number of aliphatic carboxylic acids is 1. The first-order valence-electron chi connectivity index (χ1n) is 0.966. The van der Waals surface area contributed by atoms with Gasteiger partial charge < -0.3 is 10.6 Å². The fraction of sp³-hybridized carbons (Fsp3) is 0. The molecule has 0 aromatic rings. The van der Waals surface area contributed by atoms with Gasteiger partial charge >= 0.3 is 5.97 Å². The highest BCUT2D eigenvalue weighted by atomic mass is 16.4. The van der Waals surface area contributed by atoms with E-state index in [1.807, 2.05) is 0 Å². The zero-order valence-corrected chi connectivity index (χ0v) is 2.93. The van der Waals surface area contributed by atoms with Crippen LogP contribution in [0, 0.1) is 12.3 Å². The first-order valence-corrected chi connectivity index (χ1v) is 0.966. The normalized spacial score (nSPS) is 4.50. The molecule has 0 aliphatic heterocycles. The van der Waals surface area contributed by atoms with Crippen LogP contribution in [0.15, 0.2) is 0 Å². The Labute approximate surface area is 34.9 Å². The third-order valence-electron chi connectivity index (χ3n) is 0.123. The summed E-state index contributed by atoms with van der Waals surface area (Å²) in [5.41, 5.74) is 0. The van der Waals surface area contributed by atoms with Crippen molar-refractivity contribution in [2.45, 2.75) is 0 Å². The van der Waals surface area contributed by atoms with Crippen molar-refractivity contribution in [1.82, 2.24) is 0 Å². The van der Waals surface area contributed by atoms with Crippen molar-refractivity contribution >= 4 is 5.97 Å². The SMILES string of the molecule is C#CC(=O)O.O. The molecule has 0 fully saturated rings. The molecule has 0 spiro atoms. The third kappa shape index (κ3) is 12.1. The van der Waals surface area contributed by atoms with E-state index in [2.05, 4.69) is 6.42 Å². The number of carboxylic acids is 1. The monoisotopic (exact) mass is 88.0 g/mol. The summed E-state index contributed by atoms with van der Waals surface area (Å²) in [6.07, 6.45) is 4.32. The summed E-state index contributed by atoms with van der Waals surface area (Å²) in [5.74, 6) is 0.227. The molecule has 0 rings (SSSR count). The van der Waals surface area contributed by atoms with Gasteiger partial charge in [-0.1, -0.05) is 0 Å². The van der Waals surface area contributed by atoms with Gasteiger partial charge in [-0.15, -0.1) is 6.42 Å². The first kappa shape index (κ1) is 8.89. The van der Waals surface area contributed by atoms with Crippen molar-refractivity contribution in [3.63, 3.8) is 0 Å². The van der Waals surface area contributed by atoms with Crippen molar-refractivity contribution in [3.05, 3.63) is 0 Å². The Bertz CT molecular complexity index is 78.5. The molecule has 3 heteroatoms. The number of hydrogen-bond acceptors (Lipinski definition) is 1. The van der Waals surface area contributed by atoms with Crippen LogP contribution in [0.2, 0.25) is 0 Å².